The van der Waals surface area contributed by atoms with Crippen molar-refractivity contribution in [3.8, 4) is 23.0 Å². The summed E-state index contributed by atoms with van der Waals surface area (Å²) in [6.45, 7) is 10.5. The fourth-order valence-electron chi connectivity index (χ4n) is 9.36. The number of nitrogens with zero attached hydrogens (tertiary/aromatic N) is 1. The van der Waals surface area contributed by atoms with E-state index < -0.39 is 52.5 Å². The summed E-state index contributed by atoms with van der Waals surface area (Å²) in [6.07, 6.45) is -6.63. The number of carboxylic acid groups (broad SMARTS) is 1. The number of fused-ring (bicyclic) bond motifs is 2. The number of halogens is 8. The fourth-order valence-corrected chi connectivity index (χ4v) is 9.89. The summed E-state index contributed by atoms with van der Waals surface area (Å²) in [4.78, 5) is 38.3. The Bertz CT molecular complexity index is 2840. The van der Waals surface area contributed by atoms with Crippen LogP contribution in [0.25, 0.3) is 0 Å². The molecule has 0 aliphatic carbocycles. The Morgan fingerprint density at radius 3 is 1.56 bits per heavy atom. The molecule has 3 aliphatic rings. The van der Waals surface area contributed by atoms with Crippen molar-refractivity contribution >= 4 is 54.5 Å². The highest BCUT2D eigenvalue weighted by Gasteiger charge is 2.40. The summed E-state index contributed by atoms with van der Waals surface area (Å²) in [5.74, 6) is -2.65. The van der Waals surface area contributed by atoms with Crippen molar-refractivity contribution in [2.45, 2.75) is 144 Å². The van der Waals surface area contributed by atoms with Gasteiger partial charge in [0.1, 0.15) is 47.4 Å². The lowest BCUT2D eigenvalue weighted by Crippen LogP contribution is -2.43. The van der Waals surface area contributed by atoms with E-state index in [2.05, 4.69) is 0 Å². The molecule has 18 heteroatoms. The summed E-state index contributed by atoms with van der Waals surface area (Å²) in [5, 5.41) is 9.92. The molecule has 3 aliphatic heterocycles. The van der Waals surface area contributed by atoms with E-state index in [1.807, 2.05) is 58.0 Å². The zero-order valence-electron chi connectivity index (χ0n) is 41.0. The van der Waals surface area contributed by atoms with Crippen molar-refractivity contribution in [3.05, 3.63) is 151 Å². The number of aliphatic carboxylic acids is 1. The van der Waals surface area contributed by atoms with Gasteiger partial charge in [-0.1, -0.05) is 94.4 Å². The molecule has 3 heterocycles. The third kappa shape index (κ3) is 15.5. The maximum atomic E-state index is 14.1. The van der Waals surface area contributed by atoms with Gasteiger partial charge in [-0.15, -0.1) is 0 Å². The van der Waals surface area contributed by atoms with Gasteiger partial charge in [-0.3, -0.25) is 19.3 Å². The molecule has 0 spiro atoms. The number of rotatable bonds is 14. The molecule has 8 rings (SSSR count). The van der Waals surface area contributed by atoms with Crippen LogP contribution in [0.5, 0.6) is 23.0 Å². The molecule has 0 radical (unpaired) electrons. The molecule has 5 aromatic carbocycles. The number of carboxylic acids is 1. The van der Waals surface area contributed by atoms with Crippen molar-refractivity contribution in [1.29, 1.82) is 0 Å². The standard InChI is InChI=1S/C33H33ClF3NO4.C22H22ClF3O4.2CH4.H2S/c1-20(31(40)38-26(10-12-29(38)39)14-21-7-5-4-6-8-21)13-22-9-11-28(27(15-22)33(35,36)37)41-19-24-17-25(34)16-23-18-32(2,3)42-30(23)24;1-12(20(27)28)6-13-4-5-18(17(7-13)22(24,25)26)29-11-15-9-16(23)8-14-10-21(2,3)30-19(14)15;;;/h4-9,11,15-17,20,26H,10,12-14,18-19H2,1-3H3;4-5,7-9,12H,6,10-11H2,1-3H3,(H,27,28);2*1H4;1H2/t20-,26+;12-;;;/m11.../s1. The highest BCUT2D eigenvalue weighted by Crippen LogP contribution is 2.44. The Labute approximate surface area is 452 Å². The van der Waals surface area contributed by atoms with Crippen LogP contribution >= 0.6 is 36.7 Å². The second kappa shape index (κ2) is 24.6. The van der Waals surface area contributed by atoms with E-state index in [9.17, 15) is 40.7 Å². The zero-order chi connectivity index (χ0) is 52.5. The largest absolute Gasteiger partial charge is 0.488 e. The second-order valence-electron chi connectivity index (χ2n) is 20.0. The summed E-state index contributed by atoms with van der Waals surface area (Å²) in [6, 6.07) is 23.6. The highest BCUT2D eigenvalue weighted by molar-refractivity contribution is 7.59. The van der Waals surface area contributed by atoms with E-state index in [1.54, 1.807) is 31.2 Å². The molecule has 0 unspecified atom stereocenters. The molecular weight excluding hydrogens is 1040 g/mol. The number of alkyl halides is 6. The third-order valence-corrected chi connectivity index (χ3v) is 13.1. The average molecular weight is 1110 g/mol. The van der Waals surface area contributed by atoms with Gasteiger partial charge in [0.2, 0.25) is 11.8 Å². The van der Waals surface area contributed by atoms with E-state index >= 15 is 0 Å². The van der Waals surface area contributed by atoms with Gasteiger partial charge in [0, 0.05) is 52.4 Å². The maximum absolute atomic E-state index is 14.1. The number of ether oxygens (including phenoxy) is 4. The molecule has 1 N–H and O–H groups in total. The minimum atomic E-state index is -4.68. The second-order valence-corrected chi connectivity index (χ2v) is 20.8. The number of carbonyl (C=O) groups excluding carboxylic acids is 2. The minimum Gasteiger partial charge on any atom is -0.488 e. The van der Waals surface area contributed by atoms with Gasteiger partial charge >= 0.3 is 18.3 Å². The molecule has 9 nitrogen and oxygen atoms in total. The number of benzene rings is 5. The van der Waals surface area contributed by atoms with Gasteiger partial charge in [-0.25, -0.2) is 0 Å². The molecule has 0 aromatic heterocycles. The predicted octanol–water partition coefficient (Wildman–Crippen LogP) is 14.9. The normalized spacial score (nSPS) is 16.7. The van der Waals surface area contributed by atoms with E-state index in [4.69, 9.17) is 47.3 Å². The van der Waals surface area contributed by atoms with Crippen LogP contribution in [0.4, 0.5) is 26.3 Å². The summed E-state index contributed by atoms with van der Waals surface area (Å²) >= 11 is 12.4. The topological polar surface area (TPSA) is 112 Å². The van der Waals surface area contributed by atoms with Crippen LogP contribution in [-0.2, 0) is 72.1 Å². The molecule has 408 valence electrons. The lowest BCUT2D eigenvalue weighted by atomic mass is 9.96. The first-order valence-electron chi connectivity index (χ1n) is 23.5. The Hall–Kier alpha value is -5.58. The number of likely N-dealkylation sites (tertiary alicyclic amines) is 1. The van der Waals surface area contributed by atoms with Crippen LogP contribution in [0.15, 0.2) is 91.0 Å². The fraction of sp³-hybridized carbons (Fsp3) is 0.421. The van der Waals surface area contributed by atoms with E-state index in [0.29, 0.717) is 63.9 Å². The number of hydrogen-bond donors (Lipinski definition) is 1. The first kappa shape index (κ1) is 62.0. The molecule has 75 heavy (non-hydrogen) atoms. The smallest absolute Gasteiger partial charge is 0.419 e. The minimum absolute atomic E-state index is 0. The lowest BCUT2D eigenvalue weighted by Gasteiger charge is -2.26. The SMILES string of the molecule is C.C.C[C@H](Cc1ccc(OCc2cc(Cl)cc3c2OC(C)(C)C3)c(C(F)(F)F)c1)C(=O)N1C(=O)CC[C@H]1Cc1ccccc1.C[C@H](Cc1ccc(OCc2cc(Cl)cc3c2OC(C)(C)C3)c(C(F)(F)F)c1)C(=O)O.S. The van der Waals surface area contributed by atoms with E-state index in [1.165, 1.54) is 36.1 Å². The molecule has 2 amide bonds. The van der Waals surface area contributed by atoms with Crippen molar-refractivity contribution in [2.24, 2.45) is 11.8 Å². The van der Waals surface area contributed by atoms with Crippen molar-refractivity contribution in [3.63, 3.8) is 0 Å². The van der Waals surface area contributed by atoms with E-state index in [-0.39, 0.29) is 95.7 Å². The van der Waals surface area contributed by atoms with Gasteiger partial charge in [-0.05, 0) is 130 Å². The van der Waals surface area contributed by atoms with Gasteiger partial charge in [0.05, 0.1) is 17.0 Å². The first-order valence-corrected chi connectivity index (χ1v) is 24.2. The number of carbonyl (C=O) groups is 3. The van der Waals surface area contributed by atoms with Gasteiger partial charge in [0.15, 0.2) is 0 Å². The highest BCUT2D eigenvalue weighted by atomic mass is 35.5. The van der Waals surface area contributed by atoms with E-state index in [0.717, 1.165) is 28.8 Å². The quantitative estimate of drug-likeness (QED) is 0.109. The Morgan fingerprint density at radius 1 is 0.693 bits per heavy atom. The van der Waals surface area contributed by atoms with Crippen LogP contribution in [0, 0.1) is 11.8 Å². The summed E-state index contributed by atoms with van der Waals surface area (Å²) in [7, 11) is 0. The van der Waals surface area contributed by atoms with Crippen molar-refractivity contribution in [2.75, 3.05) is 0 Å². The van der Waals surface area contributed by atoms with Gasteiger partial charge in [-0.2, -0.15) is 39.8 Å². The molecular formula is C57H65Cl2F6NO8S. The van der Waals surface area contributed by atoms with Crippen LogP contribution in [0.2, 0.25) is 10.0 Å². The van der Waals surface area contributed by atoms with Gasteiger partial charge < -0.3 is 24.1 Å². The Balaban J connectivity index is 0.000000328. The van der Waals surface area contributed by atoms with Crippen LogP contribution in [0.1, 0.15) is 119 Å². The average Bonchev–Trinajstić information content (AvgIpc) is 3.93. The predicted molar refractivity (Wildman–Crippen MR) is 284 cm³/mol. The third-order valence-electron chi connectivity index (χ3n) is 12.7. The molecule has 1 fully saturated rings. The lowest BCUT2D eigenvalue weighted by molar-refractivity contribution is -0.146. The Morgan fingerprint density at radius 2 is 1.13 bits per heavy atom. The number of hydrogen-bond acceptors (Lipinski definition) is 7. The monoisotopic (exact) mass is 1110 g/mol. The van der Waals surface area contributed by atoms with Crippen molar-refractivity contribution in [1.82, 2.24) is 4.90 Å². The van der Waals surface area contributed by atoms with Crippen LogP contribution in [0.3, 0.4) is 0 Å². The zero-order valence-corrected chi connectivity index (χ0v) is 43.5. The first-order chi connectivity index (χ1) is 33.7. The summed E-state index contributed by atoms with van der Waals surface area (Å²) < 4.78 is 106. The molecule has 1 saturated heterocycles. The maximum Gasteiger partial charge on any atom is 0.419 e. The summed E-state index contributed by atoms with van der Waals surface area (Å²) in [5.41, 5.74) is 1.78. The van der Waals surface area contributed by atoms with Crippen LogP contribution < -0.4 is 18.9 Å². The molecule has 3 atom stereocenters. The number of imide groups is 1. The molecule has 5 aromatic rings. The Kier molecular flexibility index (Phi) is 20.3. The van der Waals surface area contributed by atoms with Crippen LogP contribution in [-0.4, -0.2) is 45.0 Å². The van der Waals surface area contributed by atoms with Gasteiger partial charge in [0.25, 0.3) is 0 Å². The molecule has 0 saturated carbocycles. The number of amides is 2. The molecule has 0 bridgehead atoms. The van der Waals surface area contributed by atoms with Crippen molar-refractivity contribution < 1.29 is 64.8 Å².